The molecule has 3 heteroatoms. The molecule has 0 atom stereocenters. The Morgan fingerprint density at radius 1 is 1.05 bits per heavy atom. The number of rotatable bonds is 3. The van der Waals surface area contributed by atoms with Crippen molar-refractivity contribution >= 4 is 5.82 Å². The highest BCUT2D eigenvalue weighted by molar-refractivity contribution is 5.67. The van der Waals surface area contributed by atoms with Crippen molar-refractivity contribution in [2.45, 2.75) is 52.9 Å². The zero-order valence-corrected chi connectivity index (χ0v) is 13.7. The minimum atomic E-state index is -0.112. The van der Waals surface area contributed by atoms with Crippen molar-refractivity contribution in [2.75, 3.05) is 5.73 Å². The molecule has 21 heavy (non-hydrogen) atoms. The van der Waals surface area contributed by atoms with Gasteiger partial charge in [0.25, 0.3) is 0 Å². The number of nitrogens with zero attached hydrogens (tertiary/aromatic N) is 2. The molecule has 0 saturated carbocycles. The van der Waals surface area contributed by atoms with Gasteiger partial charge >= 0.3 is 0 Å². The summed E-state index contributed by atoms with van der Waals surface area (Å²) >= 11 is 0. The van der Waals surface area contributed by atoms with E-state index >= 15 is 0 Å². The van der Waals surface area contributed by atoms with Crippen LogP contribution in [0.3, 0.4) is 0 Å². The Kier molecular flexibility index (Phi) is 4.31. The third-order valence-electron chi connectivity index (χ3n) is 3.62. The summed E-state index contributed by atoms with van der Waals surface area (Å²) in [5, 5.41) is 0. The molecule has 1 aromatic carbocycles. The van der Waals surface area contributed by atoms with Crippen molar-refractivity contribution in [2.24, 2.45) is 0 Å². The summed E-state index contributed by atoms with van der Waals surface area (Å²) in [7, 11) is 0. The number of nitrogen functional groups attached to an aromatic ring is 1. The molecule has 1 aromatic heterocycles. The minimum Gasteiger partial charge on any atom is -0.383 e. The minimum absolute atomic E-state index is 0.112. The molecule has 0 saturated heterocycles. The van der Waals surface area contributed by atoms with Gasteiger partial charge in [0.1, 0.15) is 11.6 Å². The first-order valence-corrected chi connectivity index (χ1v) is 7.57. The molecule has 2 aromatic rings. The molecule has 0 aliphatic carbocycles. The highest BCUT2D eigenvalue weighted by Gasteiger charge is 2.20. The Hall–Kier alpha value is -1.90. The van der Waals surface area contributed by atoms with Crippen LogP contribution in [-0.2, 0) is 11.8 Å². The van der Waals surface area contributed by atoms with E-state index in [0.29, 0.717) is 5.82 Å². The van der Waals surface area contributed by atoms with E-state index in [1.54, 1.807) is 0 Å². The lowest BCUT2D eigenvalue weighted by Crippen LogP contribution is -2.18. The van der Waals surface area contributed by atoms with Crippen molar-refractivity contribution in [3.8, 4) is 11.3 Å². The van der Waals surface area contributed by atoms with Gasteiger partial charge in [-0.25, -0.2) is 9.97 Å². The Bertz CT molecular complexity index is 622. The van der Waals surface area contributed by atoms with Gasteiger partial charge in [-0.3, -0.25) is 0 Å². The van der Waals surface area contributed by atoms with Gasteiger partial charge in [0.05, 0.1) is 5.69 Å². The quantitative estimate of drug-likeness (QED) is 0.914. The van der Waals surface area contributed by atoms with E-state index in [9.17, 15) is 0 Å². The Morgan fingerprint density at radius 3 is 2.19 bits per heavy atom. The molecular weight excluding hydrogens is 258 g/mol. The van der Waals surface area contributed by atoms with E-state index < -0.39 is 0 Å². The van der Waals surface area contributed by atoms with Crippen LogP contribution in [0.1, 0.15) is 51.1 Å². The van der Waals surface area contributed by atoms with Crippen LogP contribution in [0.25, 0.3) is 11.3 Å². The second-order valence-corrected chi connectivity index (χ2v) is 6.60. The number of nitrogens with two attached hydrogens (primary N) is 1. The fourth-order valence-corrected chi connectivity index (χ4v) is 2.27. The molecule has 0 unspecified atom stereocenters. The molecule has 0 bridgehead atoms. The van der Waals surface area contributed by atoms with E-state index in [1.165, 1.54) is 5.56 Å². The van der Waals surface area contributed by atoms with Gasteiger partial charge in [0, 0.05) is 16.5 Å². The summed E-state index contributed by atoms with van der Waals surface area (Å²) in [6.45, 7) is 10.5. The van der Waals surface area contributed by atoms with Gasteiger partial charge < -0.3 is 5.73 Å². The lowest BCUT2D eigenvalue weighted by molar-refractivity contribution is 0.546. The van der Waals surface area contributed by atoms with Crippen LogP contribution in [0, 0.1) is 6.92 Å². The van der Waals surface area contributed by atoms with E-state index in [1.807, 2.05) is 6.92 Å². The molecule has 0 fully saturated rings. The maximum Gasteiger partial charge on any atom is 0.136 e. The maximum atomic E-state index is 6.08. The summed E-state index contributed by atoms with van der Waals surface area (Å²) in [6, 6.07) is 8.61. The summed E-state index contributed by atoms with van der Waals surface area (Å²) in [5.41, 5.74) is 10.3. The van der Waals surface area contributed by atoms with Gasteiger partial charge in [-0.05, 0) is 18.9 Å². The normalized spacial score (nSPS) is 11.7. The number of anilines is 1. The molecule has 3 nitrogen and oxygen atoms in total. The summed E-state index contributed by atoms with van der Waals surface area (Å²) in [6.07, 6.45) is 2.27. The first-order valence-electron chi connectivity index (χ1n) is 7.57. The first-order chi connectivity index (χ1) is 9.82. The third-order valence-corrected chi connectivity index (χ3v) is 3.62. The van der Waals surface area contributed by atoms with Crippen molar-refractivity contribution in [1.82, 2.24) is 9.97 Å². The second kappa shape index (κ2) is 5.84. The van der Waals surface area contributed by atoms with Gasteiger partial charge in [-0.2, -0.15) is 0 Å². The number of benzene rings is 1. The SMILES string of the molecule is CCCc1ccc(-c2nc(C(C)(C)C)nc(N)c2C)cc1. The second-order valence-electron chi connectivity index (χ2n) is 6.60. The van der Waals surface area contributed by atoms with Crippen LogP contribution in [-0.4, -0.2) is 9.97 Å². The van der Waals surface area contributed by atoms with Gasteiger partial charge in [-0.15, -0.1) is 0 Å². The van der Waals surface area contributed by atoms with Crippen molar-refractivity contribution in [3.63, 3.8) is 0 Å². The smallest absolute Gasteiger partial charge is 0.136 e. The Morgan fingerprint density at radius 2 is 1.67 bits per heavy atom. The summed E-state index contributed by atoms with van der Waals surface area (Å²) in [4.78, 5) is 9.20. The van der Waals surface area contributed by atoms with E-state index in [4.69, 9.17) is 10.7 Å². The van der Waals surface area contributed by atoms with Crippen LogP contribution in [0.15, 0.2) is 24.3 Å². The van der Waals surface area contributed by atoms with Crippen LogP contribution >= 0.6 is 0 Å². The van der Waals surface area contributed by atoms with Crippen molar-refractivity contribution in [1.29, 1.82) is 0 Å². The fraction of sp³-hybridized carbons (Fsp3) is 0.444. The van der Waals surface area contributed by atoms with Gasteiger partial charge in [0.2, 0.25) is 0 Å². The Labute approximate surface area is 127 Å². The molecule has 112 valence electrons. The molecule has 0 spiro atoms. The number of aromatic nitrogens is 2. The van der Waals surface area contributed by atoms with Crippen molar-refractivity contribution < 1.29 is 0 Å². The lowest BCUT2D eigenvalue weighted by atomic mass is 9.94. The highest BCUT2D eigenvalue weighted by Crippen LogP contribution is 2.28. The number of aryl methyl sites for hydroxylation is 1. The maximum absolute atomic E-state index is 6.08. The average molecular weight is 283 g/mol. The molecule has 0 aliphatic heterocycles. The molecule has 0 aliphatic rings. The van der Waals surface area contributed by atoms with E-state index in [-0.39, 0.29) is 5.41 Å². The summed E-state index contributed by atoms with van der Waals surface area (Å²) < 4.78 is 0. The number of hydrogen-bond acceptors (Lipinski definition) is 3. The summed E-state index contributed by atoms with van der Waals surface area (Å²) in [5.74, 6) is 1.36. The van der Waals surface area contributed by atoms with Crippen LogP contribution < -0.4 is 5.73 Å². The number of hydrogen-bond donors (Lipinski definition) is 1. The standard InChI is InChI=1S/C18H25N3/c1-6-7-13-8-10-14(11-9-13)15-12(2)16(19)21-17(20-15)18(3,4)5/h8-11H,6-7H2,1-5H3,(H2,19,20,21). The topological polar surface area (TPSA) is 51.8 Å². The molecule has 2 N–H and O–H groups in total. The predicted molar refractivity (Wildman–Crippen MR) is 89.3 cm³/mol. The zero-order valence-electron chi connectivity index (χ0n) is 13.7. The molecule has 2 rings (SSSR count). The lowest BCUT2D eigenvalue weighted by Gasteiger charge is -2.19. The third kappa shape index (κ3) is 3.41. The average Bonchev–Trinajstić information content (AvgIpc) is 2.42. The van der Waals surface area contributed by atoms with Crippen LogP contribution in [0.4, 0.5) is 5.82 Å². The van der Waals surface area contributed by atoms with Crippen molar-refractivity contribution in [3.05, 3.63) is 41.2 Å². The zero-order chi connectivity index (χ0) is 15.6. The predicted octanol–water partition coefficient (Wildman–Crippen LogP) is 4.28. The highest BCUT2D eigenvalue weighted by atomic mass is 15.0. The van der Waals surface area contributed by atoms with Crippen LogP contribution in [0.5, 0.6) is 0 Å². The fourth-order valence-electron chi connectivity index (χ4n) is 2.27. The molecule has 0 amide bonds. The molecular formula is C18H25N3. The van der Waals surface area contributed by atoms with Gasteiger partial charge in [0.15, 0.2) is 0 Å². The Balaban J connectivity index is 2.49. The van der Waals surface area contributed by atoms with E-state index in [0.717, 1.165) is 35.5 Å². The monoisotopic (exact) mass is 283 g/mol. The van der Waals surface area contributed by atoms with E-state index in [2.05, 4.69) is 56.9 Å². The molecule has 0 radical (unpaired) electrons. The molecule has 1 heterocycles. The van der Waals surface area contributed by atoms with Gasteiger partial charge in [-0.1, -0.05) is 58.4 Å². The first kappa shape index (κ1) is 15.5. The largest absolute Gasteiger partial charge is 0.383 e. The van der Waals surface area contributed by atoms with Crippen LogP contribution in [0.2, 0.25) is 0 Å².